The van der Waals surface area contributed by atoms with Crippen molar-refractivity contribution < 1.29 is 19.7 Å². The standard InChI is InChI=1S/C16H23NO4/c1-2-21-16(20)12-4-6-13(7-5-12)17-10-11-3-8-14(18)15(19)9-11/h3,8-9,12-13,17-19H,2,4-7,10H2,1H3. The molecule has 21 heavy (non-hydrogen) atoms. The van der Waals surface area contributed by atoms with E-state index in [-0.39, 0.29) is 23.4 Å². The van der Waals surface area contributed by atoms with Gasteiger partial charge in [-0.05, 0) is 50.3 Å². The third kappa shape index (κ3) is 4.36. The molecule has 0 atom stereocenters. The Hall–Kier alpha value is -1.75. The molecule has 0 spiro atoms. The maximum Gasteiger partial charge on any atom is 0.308 e. The van der Waals surface area contributed by atoms with Crippen LogP contribution in [0.1, 0.15) is 38.2 Å². The van der Waals surface area contributed by atoms with Gasteiger partial charge in [0.1, 0.15) is 0 Å². The number of esters is 1. The Balaban J connectivity index is 1.76. The molecular formula is C16H23NO4. The number of aromatic hydroxyl groups is 2. The molecule has 0 bridgehead atoms. The average Bonchev–Trinajstić information content (AvgIpc) is 2.49. The van der Waals surface area contributed by atoms with Crippen LogP contribution in [0, 0.1) is 5.92 Å². The maximum atomic E-state index is 11.7. The number of nitrogens with one attached hydrogen (secondary N) is 1. The molecule has 2 rings (SSSR count). The Bertz CT molecular complexity index is 481. The Morgan fingerprint density at radius 3 is 2.57 bits per heavy atom. The van der Waals surface area contributed by atoms with Crippen LogP contribution in [0.4, 0.5) is 0 Å². The number of ether oxygens (including phenoxy) is 1. The Kier molecular flexibility index (Phi) is 5.44. The van der Waals surface area contributed by atoms with Gasteiger partial charge in [-0.1, -0.05) is 6.07 Å². The summed E-state index contributed by atoms with van der Waals surface area (Å²) in [4.78, 5) is 11.7. The number of phenols is 2. The molecule has 1 aromatic rings. The van der Waals surface area contributed by atoms with Crippen molar-refractivity contribution in [3.05, 3.63) is 23.8 Å². The largest absolute Gasteiger partial charge is 0.504 e. The molecule has 1 aromatic carbocycles. The maximum absolute atomic E-state index is 11.7. The summed E-state index contributed by atoms with van der Waals surface area (Å²) in [6.45, 7) is 2.92. The van der Waals surface area contributed by atoms with Gasteiger partial charge in [0.05, 0.1) is 12.5 Å². The summed E-state index contributed by atoms with van der Waals surface area (Å²) in [7, 11) is 0. The molecule has 0 aromatic heterocycles. The number of benzene rings is 1. The van der Waals surface area contributed by atoms with Crippen molar-refractivity contribution in [3.63, 3.8) is 0 Å². The molecule has 0 saturated heterocycles. The molecule has 0 radical (unpaired) electrons. The van der Waals surface area contributed by atoms with Crippen molar-refractivity contribution in [2.75, 3.05) is 6.61 Å². The molecule has 0 heterocycles. The van der Waals surface area contributed by atoms with Crippen LogP contribution in [0.15, 0.2) is 18.2 Å². The molecule has 1 aliphatic rings. The van der Waals surface area contributed by atoms with E-state index >= 15 is 0 Å². The van der Waals surface area contributed by atoms with Gasteiger partial charge in [0, 0.05) is 12.6 Å². The van der Waals surface area contributed by atoms with Gasteiger partial charge < -0.3 is 20.3 Å². The SMILES string of the molecule is CCOC(=O)C1CCC(NCc2ccc(O)c(O)c2)CC1. The van der Waals surface area contributed by atoms with E-state index in [2.05, 4.69) is 5.32 Å². The highest BCUT2D eigenvalue weighted by Gasteiger charge is 2.26. The molecule has 3 N–H and O–H groups in total. The van der Waals surface area contributed by atoms with Crippen LogP contribution in [-0.2, 0) is 16.1 Å². The number of carbonyl (C=O) groups is 1. The summed E-state index contributed by atoms with van der Waals surface area (Å²) >= 11 is 0. The second-order valence-corrected chi connectivity index (χ2v) is 5.50. The number of phenolic OH excluding ortho intramolecular Hbond substituents is 2. The summed E-state index contributed by atoms with van der Waals surface area (Å²) < 4.78 is 5.06. The summed E-state index contributed by atoms with van der Waals surface area (Å²) in [5.74, 6) is -0.228. The molecule has 116 valence electrons. The van der Waals surface area contributed by atoms with Gasteiger partial charge in [0.25, 0.3) is 0 Å². The highest BCUT2D eigenvalue weighted by molar-refractivity contribution is 5.72. The molecule has 0 amide bonds. The van der Waals surface area contributed by atoms with E-state index in [0.29, 0.717) is 19.2 Å². The lowest BCUT2D eigenvalue weighted by atomic mass is 9.86. The van der Waals surface area contributed by atoms with Gasteiger partial charge in [-0.3, -0.25) is 4.79 Å². The van der Waals surface area contributed by atoms with Crippen LogP contribution in [-0.4, -0.2) is 28.8 Å². The van der Waals surface area contributed by atoms with Crippen molar-refractivity contribution in [1.29, 1.82) is 0 Å². The minimum absolute atomic E-state index is 0.0423. The van der Waals surface area contributed by atoms with Crippen molar-refractivity contribution >= 4 is 5.97 Å². The third-order valence-electron chi connectivity index (χ3n) is 3.98. The van der Waals surface area contributed by atoms with Gasteiger partial charge in [-0.15, -0.1) is 0 Å². The first-order chi connectivity index (χ1) is 10.1. The monoisotopic (exact) mass is 293 g/mol. The lowest BCUT2D eigenvalue weighted by Crippen LogP contribution is -2.35. The van der Waals surface area contributed by atoms with Crippen LogP contribution in [0.3, 0.4) is 0 Å². The number of rotatable bonds is 5. The van der Waals surface area contributed by atoms with E-state index in [1.165, 1.54) is 6.07 Å². The zero-order valence-electron chi connectivity index (χ0n) is 12.3. The smallest absolute Gasteiger partial charge is 0.308 e. The van der Waals surface area contributed by atoms with Crippen molar-refractivity contribution in [2.45, 2.75) is 45.2 Å². The van der Waals surface area contributed by atoms with E-state index in [0.717, 1.165) is 31.2 Å². The van der Waals surface area contributed by atoms with Gasteiger partial charge >= 0.3 is 5.97 Å². The highest BCUT2D eigenvalue weighted by Crippen LogP contribution is 2.27. The second kappa shape index (κ2) is 7.31. The lowest BCUT2D eigenvalue weighted by Gasteiger charge is -2.28. The van der Waals surface area contributed by atoms with E-state index in [9.17, 15) is 15.0 Å². The molecule has 1 aliphatic carbocycles. The quantitative estimate of drug-likeness (QED) is 0.573. The molecule has 5 heteroatoms. The minimum Gasteiger partial charge on any atom is -0.504 e. The average molecular weight is 293 g/mol. The topological polar surface area (TPSA) is 78.8 Å². The van der Waals surface area contributed by atoms with Crippen LogP contribution in [0.2, 0.25) is 0 Å². The molecule has 0 unspecified atom stereocenters. The Morgan fingerprint density at radius 2 is 1.95 bits per heavy atom. The Morgan fingerprint density at radius 1 is 1.24 bits per heavy atom. The first kappa shape index (κ1) is 15.6. The van der Waals surface area contributed by atoms with Crippen molar-refractivity contribution in [3.8, 4) is 11.5 Å². The van der Waals surface area contributed by atoms with E-state index in [1.807, 2.05) is 6.92 Å². The summed E-state index contributed by atoms with van der Waals surface area (Å²) in [5.41, 5.74) is 0.929. The number of carbonyl (C=O) groups excluding carboxylic acids is 1. The molecular weight excluding hydrogens is 270 g/mol. The third-order valence-corrected chi connectivity index (χ3v) is 3.98. The second-order valence-electron chi connectivity index (χ2n) is 5.50. The number of hydrogen-bond donors (Lipinski definition) is 3. The fourth-order valence-electron chi connectivity index (χ4n) is 2.73. The first-order valence-corrected chi connectivity index (χ1v) is 7.51. The zero-order valence-corrected chi connectivity index (χ0v) is 12.3. The molecule has 1 fully saturated rings. The van der Waals surface area contributed by atoms with E-state index < -0.39 is 0 Å². The summed E-state index contributed by atoms with van der Waals surface area (Å²) in [6, 6.07) is 5.22. The van der Waals surface area contributed by atoms with Gasteiger partial charge in [0.2, 0.25) is 0 Å². The highest BCUT2D eigenvalue weighted by atomic mass is 16.5. The zero-order chi connectivity index (χ0) is 15.2. The van der Waals surface area contributed by atoms with E-state index in [1.54, 1.807) is 12.1 Å². The van der Waals surface area contributed by atoms with Gasteiger partial charge in [0.15, 0.2) is 11.5 Å². The fraction of sp³-hybridized carbons (Fsp3) is 0.562. The summed E-state index contributed by atoms with van der Waals surface area (Å²) in [6.07, 6.45) is 3.62. The van der Waals surface area contributed by atoms with Gasteiger partial charge in [-0.2, -0.15) is 0 Å². The lowest BCUT2D eigenvalue weighted by molar-refractivity contribution is -0.149. The Labute approximate surface area is 124 Å². The minimum atomic E-state index is -0.103. The van der Waals surface area contributed by atoms with Crippen LogP contribution >= 0.6 is 0 Å². The number of hydrogen-bond acceptors (Lipinski definition) is 5. The summed E-state index contributed by atoms with van der Waals surface area (Å²) in [5, 5.41) is 22.2. The van der Waals surface area contributed by atoms with Crippen LogP contribution in [0.25, 0.3) is 0 Å². The van der Waals surface area contributed by atoms with Gasteiger partial charge in [-0.25, -0.2) is 0 Å². The normalized spacial score (nSPS) is 22.0. The van der Waals surface area contributed by atoms with Crippen LogP contribution in [0.5, 0.6) is 11.5 Å². The predicted octanol–water partition coefficient (Wildman–Crippen LogP) is 2.31. The fourth-order valence-corrected chi connectivity index (χ4v) is 2.73. The van der Waals surface area contributed by atoms with Crippen molar-refractivity contribution in [2.24, 2.45) is 5.92 Å². The molecule has 0 aliphatic heterocycles. The predicted molar refractivity (Wildman–Crippen MR) is 79.0 cm³/mol. The van der Waals surface area contributed by atoms with Crippen molar-refractivity contribution in [1.82, 2.24) is 5.32 Å². The molecule has 5 nitrogen and oxygen atoms in total. The first-order valence-electron chi connectivity index (χ1n) is 7.51. The van der Waals surface area contributed by atoms with Crippen LogP contribution < -0.4 is 5.32 Å². The van der Waals surface area contributed by atoms with E-state index in [4.69, 9.17) is 4.74 Å². The molecule has 1 saturated carbocycles.